The Morgan fingerprint density at radius 3 is 2.55 bits per heavy atom. The Balaban J connectivity index is 1.31. The molecule has 0 aliphatic carbocycles. The van der Waals surface area contributed by atoms with Crippen molar-refractivity contribution in [3.05, 3.63) is 114 Å². The predicted molar refractivity (Wildman–Crippen MR) is 125 cm³/mol. The maximum Gasteiger partial charge on any atom is 0.240 e. The van der Waals surface area contributed by atoms with Crippen LogP contribution in [0.2, 0.25) is 0 Å². The molecule has 154 valence electrons. The van der Waals surface area contributed by atoms with Gasteiger partial charge in [0.1, 0.15) is 12.4 Å². The van der Waals surface area contributed by atoms with E-state index in [0.29, 0.717) is 19.4 Å². The van der Waals surface area contributed by atoms with Gasteiger partial charge in [0, 0.05) is 6.42 Å². The van der Waals surface area contributed by atoms with Gasteiger partial charge in [-0.2, -0.15) is 5.10 Å². The predicted octanol–water partition coefficient (Wildman–Crippen LogP) is 5.50. The first-order valence-corrected chi connectivity index (χ1v) is 10.3. The summed E-state index contributed by atoms with van der Waals surface area (Å²) in [6.45, 7) is 0.484. The summed E-state index contributed by atoms with van der Waals surface area (Å²) in [5, 5.41) is 6.47. The van der Waals surface area contributed by atoms with E-state index in [1.807, 2.05) is 72.8 Å². The smallest absolute Gasteiger partial charge is 0.240 e. The van der Waals surface area contributed by atoms with Crippen LogP contribution in [-0.4, -0.2) is 12.1 Å². The summed E-state index contributed by atoms with van der Waals surface area (Å²) in [4.78, 5) is 12.0. The molecule has 0 saturated heterocycles. The third-order valence-electron chi connectivity index (χ3n) is 5.02. The molecule has 0 unspecified atom stereocenters. The van der Waals surface area contributed by atoms with Crippen LogP contribution < -0.4 is 10.2 Å². The Morgan fingerprint density at radius 2 is 1.65 bits per heavy atom. The van der Waals surface area contributed by atoms with E-state index < -0.39 is 0 Å². The molecular formula is C27H24N2O2. The molecule has 0 aromatic heterocycles. The van der Waals surface area contributed by atoms with Gasteiger partial charge in [-0.25, -0.2) is 5.43 Å². The van der Waals surface area contributed by atoms with Crippen LogP contribution in [0, 0.1) is 0 Å². The zero-order chi connectivity index (χ0) is 21.3. The molecule has 0 atom stereocenters. The van der Waals surface area contributed by atoms with Crippen LogP contribution in [0.15, 0.2) is 102 Å². The molecule has 4 rings (SSSR count). The van der Waals surface area contributed by atoms with Crippen molar-refractivity contribution in [2.45, 2.75) is 19.4 Å². The zero-order valence-corrected chi connectivity index (χ0v) is 17.2. The summed E-state index contributed by atoms with van der Waals surface area (Å²) in [6.07, 6.45) is 2.72. The number of carbonyl (C=O) groups excluding carboxylic acids is 1. The highest BCUT2D eigenvalue weighted by atomic mass is 16.5. The van der Waals surface area contributed by atoms with Crippen molar-refractivity contribution in [1.82, 2.24) is 5.43 Å². The highest BCUT2D eigenvalue weighted by molar-refractivity contribution is 5.85. The number of rotatable bonds is 8. The molecule has 0 spiro atoms. The second-order valence-electron chi connectivity index (χ2n) is 7.28. The normalized spacial score (nSPS) is 11.0. The van der Waals surface area contributed by atoms with Crippen molar-refractivity contribution in [1.29, 1.82) is 0 Å². The quantitative estimate of drug-likeness (QED) is 0.309. The molecule has 4 heteroatoms. The van der Waals surface area contributed by atoms with Crippen LogP contribution in [-0.2, 0) is 17.8 Å². The van der Waals surface area contributed by atoms with Gasteiger partial charge in [-0.15, -0.1) is 0 Å². The third-order valence-corrected chi connectivity index (χ3v) is 5.02. The Hall–Kier alpha value is -3.92. The number of ether oxygens (including phenoxy) is 1. The number of hydrazone groups is 1. The van der Waals surface area contributed by atoms with E-state index in [4.69, 9.17) is 4.74 Å². The lowest BCUT2D eigenvalue weighted by molar-refractivity contribution is -0.121. The standard InChI is InChI=1S/C27H24N2O2/c30-27(17-16-21-8-2-1-3-9-21)29-28-19-22-10-6-14-25(18-22)31-20-24-13-7-12-23-11-4-5-15-26(23)24/h1-15,18-19H,16-17,20H2,(H,29,30)/b28-19-. The molecule has 0 aliphatic rings. The van der Waals surface area contributed by atoms with Crippen molar-refractivity contribution in [3.8, 4) is 5.75 Å². The van der Waals surface area contributed by atoms with Crippen LogP contribution >= 0.6 is 0 Å². The summed E-state index contributed by atoms with van der Waals surface area (Å²) in [5.74, 6) is 0.649. The number of amides is 1. The van der Waals surface area contributed by atoms with E-state index in [0.717, 1.165) is 22.4 Å². The molecule has 0 heterocycles. The number of fused-ring (bicyclic) bond motifs is 1. The molecule has 0 bridgehead atoms. The number of hydrogen-bond donors (Lipinski definition) is 1. The molecule has 4 aromatic carbocycles. The molecule has 0 aliphatic heterocycles. The van der Waals surface area contributed by atoms with Crippen LogP contribution in [0.4, 0.5) is 0 Å². The van der Waals surface area contributed by atoms with Gasteiger partial charge in [0.25, 0.3) is 0 Å². The van der Waals surface area contributed by atoms with Crippen molar-refractivity contribution < 1.29 is 9.53 Å². The fraction of sp³-hybridized carbons (Fsp3) is 0.111. The Labute approximate surface area is 182 Å². The summed E-state index contributed by atoms with van der Waals surface area (Å²) < 4.78 is 6.01. The second-order valence-corrected chi connectivity index (χ2v) is 7.28. The molecule has 0 fully saturated rings. The minimum atomic E-state index is -0.108. The van der Waals surface area contributed by atoms with Gasteiger partial charge in [-0.05, 0) is 46.0 Å². The highest BCUT2D eigenvalue weighted by Gasteiger charge is 2.03. The van der Waals surface area contributed by atoms with Crippen molar-refractivity contribution in [2.75, 3.05) is 0 Å². The lowest BCUT2D eigenvalue weighted by Gasteiger charge is -2.09. The fourth-order valence-electron chi connectivity index (χ4n) is 3.40. The molecule has 1 N–H and O–H groups in total. The molecule has 31 heavy (non-hydrogen) atoms. The van der Waals surface area contributed by atoms with E-state index in [1.165, 1.54) is 10.8 Å². The van der Waals surface area contributed by atoms with Crippen molar-refractivity contribution in [3.63, 3.8) is 0 Å². The monoisotopic (exact) mass is 408 g/mol. The van der Waals surface area contributed by atoms with E-state index in [-0.39, 0.29) is 5.91 Å². The Kier molecular flexibility index (Phi) is 6.71. The number of hydrogen-bond acceptors (Lipinski definition) is 3. The van der Waals surface area contributed by atoms with Crippen molar-refractivity contribution in [2.24, 2.45) is 5.10 Å². The van der Waals surface area contributed by atoms with Gasteiger partial charge in [-0.1, -0.05) is 84.9 Å². The van der Waals surface area contributed by atoms with Crippen LogP contribution in [0.5, 0.6) is 5.75 Å². The molecular weight excluding hydrogens is 384 g/mol. The van der Waals surface area contributed by atoms with E-state index >= 15 is 0 Å². The molecule has 0 saturated carbocycles. The molecule has 4 nitrogen and oxygen atoms in total. The minimum absolute atomic E-state index is 0.108. The maximum absolute atomic E-state index is 12.0. The lowest BCUT2D eigenvalue weighted by atomic mass is 10.1. The number of aryl methyl sites for hydroxylation is 1. The first kappa shape index (κ1) is 20.4. The maximum atomic E-state index is 12.0. The number of nitrogens with one attached hydrogen (secondary N) is 1. The van der Waals surface area contributed by atoms with Gasteiger partial charge in [0.2, 0.25) is 5.91 Å². The van der Waals surface area contributed by atoms with E-state index in [2.05, 4.69) is 34.8 Å². The lowest BCUT2D eigenvalue weighted by Crippen LogP contribution is -2.17. The fourth-order valence-corrected chi connectivity index (χ4v) is 3.40. The summed E-state index contributed by atoms with van der Waals surface area (Å²) in [6, 6.07) is 32.1. The van der Waals surface area contributed by atoms with E-state index in [1.54, 1.807) is 6.21 Å². The summed E-state index contributed by atoms with van der Waals surface area (Å²) in [7, 11) is 0. The number of nitrogens with zero attached hydrogens (tertiary/aromatic N) is 1. The average Bonchev–Trinajstić information content (AvgIpc) is 2.82. The Morgan fingerprint density at radius 1 is 0.871 bits per heavy atom. The Bertz CT molecular complexity index is 1180. The number of carbonyl (C=O) groups is 1. The molecule has 0 radical (unpaired) electrons. The number of benzene rings is 4. The first-order valence-electron chi connectivity index (χ1n) is 10.3. The highest BCUT2D eigenvalue weighted by Crippen LogP contribution is 2.21. The van der Waals surface area contributed by atoms with E-state index in [9.17, 15) is 4.79 Å². The van der Waals surface area contributed by atoms with Gasteiger partial charge >= 0.3 is 0 Å². The van der Waals surface area contributed by atoms with Crippen LogP contribution in [0.1, 0.15) is 23.1 Å². The van der Waals surface area contributed by atoms with Gasteiger partial charge in [0.15, 0.2) is 0 Å². The molecule has 4 aromatic rings. The second kappa shape index (κ2) is 10.2. The summed E-state index contributed by atoms with van der Waals surface area (Å²) >= 11 is 0. The van der Waals surface area contributed by atoms with Gasteiger partial charge in [-0.3, -0.25) is 4.79 Å². The van der Waals surface area contributed by atoms with Gasteiger partial charge in [0.05, 0.1) is 6.21 Å². The SMILES string of the molecule is O=C(CCc1ccccc1)N/N=C\c1cccc(OCc2cccc3ccccc23)c1. The third kappa shape index (κ3) is 5.80. The first-order chi connectivity index (χ1) is 15.3. The minimum Gasteiger partial charge on any atom is -0.489 e. The zero-order valence-electron chi connectivity index (χ0n) is 17.2. The molecule has 1 amide bonds. The largest absolute Gasteiger partial charge is 0.489 e. The average molecular weight is 409 g/mol. The topological polar surface area (TPSA) is 50.7 Å². The van der Waals surface area contributed by atoms with Gasteiger partial charge < -0.3 is 4.74 Å². The van der Waals surface area contributed by atoms with Crippen LogP contribution in [0.25, 0.3) is 10.8 Å². The van der Waals surface area contributed by atoms with Crippen LogP contribution in [0.3, 0.4) is 0 Å². The summed E-state index contributed by atoms with van der Waals surface area (Å²) in [5.41, 5.74) is 5.73. The van der Waals surface area contributed by atoms with Crippen molar-refractivity contribution >= 4 is 22.9 Å².